The summed E-state index contributed by atoms with van der Waals surface area (Å²) in [7, 11) is 1.58. The smallest absolute Gasteiger partial charge is 0.259 e. The number of nitrogens with one attached hydrogen (secondary N) is 2. The van der Waals surface area contributed by atoms with Crippen molar-refractivity contribution in [1.29, 1.82) is 0 Å². The lowest BCUT2D eigenvalue weighted by molar-refractivity contribution is 0.0951. The van der Waals surface area contributed by atoms with Crippen molar-refractivity contribution in [2.75, 3.05) is 7.11 Å². The van der Waals surface area contributed by atoms with E-state index in [9.17, 15) is 9.59 Å². The molecular weight excluding hydrogens is 302 g/mol. The second-order valence-corrected chi connectivity index (χ2v) is 5.69. The maximum Gasteiger partial charge on any atom is 0.259 e. The molecule has 3 aromatic rings. The third kappa shape index (κ3) is 2.84. The van der Waals surface area contributed by atoms with Crippen molar-refractivity contribution in [3.63, 3.8) is 0 Å². The maximum atomic E-state index is 12.1. The molecule has 1 aromatic carbocycles. The van der Waals surface area contributed by atoms with Crippen LogP contribution in [0.25, 0.3) is 10.2 Å². The number of aromatic nitrogens is 2. The SMILES string of the molecule is COc1ccc(C(=O)NCc2cc3c(=O)[nH]cnc3s2)cc1. The van der Waals surface area contributed by atoms with Gasteiger partial charge in [-0.2, -0.15) is 0 Å². The number of hydrogen-bond acceptors (Lipinski definition) is 5. The number of benzene rings is 1. The average Bonchev–Trinajstić information content (AvgIpc) is 2.97. The molecule has 0 aliphatic carbocycles. The first-order valence-electron chi connectivity index (χ1n) is 6.56. The summed E-state index contributed by atoms with van der Waals surface area (Å²) in [5.41, 5.74) is 0.381. The standard InChI is InChI=1S/C15H13N3O3S/c1-21-10-4-2-9(3-5-10)13(19)16-7-11-6-12-14(20)17-8-18-15(12)22-11/h2-6,8H,7H2,1H3,(H,16,19)(H,17,18,20). The molecule has 0 bridgehead atoms. The molecule has 0 aliphatic rings. The highest BCUT2D eigenvalue weighted by atomic mass is 32.1. The molecule has 6 nitrogen and oxygen atoms in total. The summed E-state index contributed by atoms with van der Waals surface area (Å²) in [6, 6.07) is 8.62. The third-order valence-corrected chi connectivity index (χ3v) is 4.20. The molecule has 2 N–H and O–H groups in total. The molecule has 7 heteroatoms. The van der Waals surface area contributed by atoms with Crippen LogP contribution in [0.2, 0.25) is 0 Å². The van der Waals surface area contributed by atoms with Gasteiger partial charge < -0.3 is 15.0 Å². The van der Waals surface area contributed by atoms with E-state index in [-0.39, 0.29) is 11.5 Å². The molecule has 0 radical (unpaired) electrons. The van der Waals surface area contributed by atoms with Gasteiger partial charge >= 0.3 is 0 Å². The van der Waals surface area contributed by atoms with Crippen LogP contribution in [0.15, 0.2) is 41.5 Å². The summed E-state index contributed by atoms with van der Waals surface area (Å²) in [5, 5.41) is 3.37. The fourth-order valence-corrected chi connectivity index (χ4v) is 2.95. The second-order valence-electron chi connectivity index (χ2n) is 4.57. The Kier molecular flexibility index (Phi) is 3.88. The Labute approximate surface area is 129 Å². The van der Waals surface area contributed by atoms with Crippen molar-refractivity contribution >= 4 is 27.5 Å². The van der Waals surface area contributed by atoms with E-state index in [1.807, 2.05) is 0 Å². The quantitative estimate of drug-likeness (QED) is 0.770. The molecule has 2 heterocycles. The number of thiophene rings is 1. The Morgan fingerprint density at radius 1 is 1.36 bits per heavy atom. The molecular formula is C15H13N3O3S. The summed E-state index contributed by atoms with van der Waals surface area (Å²) in [6.45, 7) is 0.353. The highest BCUT2D eigenvalue weighted by Crippen LogP contribution is 2.20. The first kappa shape index (κ1) is 14.3. The highest BCUT2D eigenvalue weighted by Gasteiger charge is 2.09. The zero-order valence-corrected chi connectivity index (χ0v) is 12.6. The molecule has 3 rings (SSSR count). The summed E-state index contributed by atoms with van der Waals surface area (Å²) in [4.78, 5) is 31.9. The molecule has 112 valence electrons. The van der Waals surface area contributed by atoms with Crippen LogP contribution in [0.1, 0.15) is 15.2 Å². The van der Waals surface area contributed by atoms with Gasteiger partial charge in [-0.15, -0.1) is 11.3 Å². The predicted molar refractivity (Wildman–Crippen MR) is 84.4 cm³/mol. The van der Waals surface area contributed by atoms with E-state index in [0.29, 0.717) is 28.1 Å². The normalized spacial score (nSPS) is 10.6. The van der Waals surface area contributed by atoms with Gasteiger partial charge in [0.2, 0.25) is 0 Å². The minimum atomic E-state index is -0.179. The van der Waals surface area contributed by atoms with E-state index in [0.717, 1.165) is 4.88 Å². The Hall–Kier alpha value is -2.67. The lowest BCUT2D eigenvalue weighted by Gasteiger charge is -2.04. The predicted octanol–water partition coefficient (Wildman–Crippen LogP) is 1.92. The van der Waals surface area contributed by atoms with Crippen LogP contribution in [0.4, 0.5) is 0 Å². The number of ether oxygens (including phenoxy) is 1. The molecule has 0 fully saturated rings. The molecule has 0 saturated heterocycles. The van der Waals surface area contributed by atoms with Crippen LogP contribution < -0.4 is 15.6 Å². The van der Waals surface area contributed by atoms with Crippen molar-refractivity contribution in [1.82, 2.24) is 15.3 Å². The fraction of sp³-hybridized carbons (Fsp3) is 0.133. The van der Waals surface area contributed by atoms with Gasteiger partial charge in [0.15, 0.2) is 0 Å². The Bertz CT molecular complexity index is 868. The third-order valence-electron chi connectivity index (χ3n) is 3.16. The first-order valence-corrected chi connectivity index (χ1v) is 7.37. The molecule has 0 saturated carbocycles. The Morgan fingerprint density at radius 2 is 2.14 bits per heavy atom. The number of H-pyrrole nitrogens is 1. The number of carbonyl (C=O) groups excluding carboxylic acids is 1. The molecule has 22 heavy (non-hydrogen) atoms. The largest absolute Gasteiger partial charge is 0.497 e. The first-order chi connectivity index (χ1) is 10.7. The van der Waals surface area contributed by atoms with Crippen molar-refractivity contribution in [3.05, 3.63) is 57.5 Å². The van der Waals surface area contributed by atoms with Crippen LogP contribution in [-0.4, -0.2) is 23.0 Å². The van der Waals surface area contributed by atoms with Crippen LogP contribution in [0, 0.1) is 0 Å². The van der Waals surface area contributed by atoms with Crippen molar-refractivity contribution in [2.24, 2.45) is 0 Å². The minimum absolute atomic E-state index is 0.172. The molecule has 0 spiro atoms. The van der Waals surface area contributed by atoms with Crippen LogP contribution in [-0.2, 0) is 6.54 Å². The Balaban J connectivity index is 1.71. The monoisotopic (exact) mass is 315 g/mol. The van der Waals surface area contributed by atoms with Gasteiger partial charge in [0.05, 0.1) is 25.4 Å². The van der Waals surface area contributed by atoms with E-state index >= 15 is 0 Å². The average molecular weight is 315 g/mol. The maximum absolute atomic E-state index is 12.1. The number of rotatable bonds is 4. The zero-order chi connectivity index (χ0) is 15.5. The van der Waals surface area contributed by atoms with Crippen LogP contribution >= 0.6 is 11.3 Å². The molecule has 0 unspecified atom stereocenters. The van der Waals surface area contributed by atoms with Crippen molar-refractivity contribution in [3.8, 4) is 5.75 Å². The van der Waals surface area contributed by atoms with E-state index in [4.69, 9.17) is 4.74 Å². The molecule has 0 aliphatic heterocycles. The van der Waals surface area contributed by atoms with Gasteiger partial charge in [0.1, 0.15) is 10.6 Å². The van der Waals surface area contributed by atoms with E-state index < -0.39 is 0 Å². The highest BCUT2D eigenvalue weighted by molar-refractivity contribution is 7.18. The number of hydrogen-bond donors (Lipinski definition) is 2. The topological polar surface area (TPSA) is 84.1 Å². The summed E-state index contributed by atoms with van der Waals surface area (Å²) >= 11 is 1.39. The number of carbonyl (C=O) groups is 1. The van der Waals surface area contributed by atoms with Crippen molar-refractivity contribution < 1.29 is 9.53 Å². The van der Waals surface area contributed by atoms with E-state index in [2.05, 4.69) is 15.3 Å². The number of amides is 1. The van der Waals surface area contributed by atoms with Gasteiger partial charge in [-0.1, -0.05) is 0 Å². The summed E-state index contributed by atoms with van der Waals surface area (Å²) in [5.74, 6) is 0.522. The van der Waals surface area contributed by atoms with E-state index in [1.54, 1.807) is 37.4 Å². The second kappa shape index (κ2) is 5.98. The van der Waals surface area contributed by atoms with Gasteiger partial charge in [-0.3, -0.25) is 9.59 Å². The molecule has 1 amide bonds. The van der Waals surface area contributed by atoms with Gasteiger partial charge in [-0.25, -0.2) is 4.98 Å². The number of aromatic amines is 1. The number of methoxy groups -OCH3 is 1. The van der Waals surface area contributed by atoms with Crippen LogP contribution in [0.3, 0.4) is 0 Å². The number of fused-ring (bicyclic) bond motifs is 1. The molecule has 2 aromatic heterocycles. The fourth-order valence-electron chi connectivity index (χ4n) is 2.02. The van der Waals surface area contributed by atoms with Crippen LogP contribution in [0.5, 0.6) is 5.75 Å². The minimum Gasteiger partial charge on any atom is -0.497 e. The summed E-state index contributed by atoms with van der Waals surface area (Å²) < 4.78 is 5.05. The summed E-state index contributed by atoms with van der Waals surface area (Å²) in [6.07, 6.45) is 1.38. The zero-order valence-electron chi connectivity index (χ0n) is 11.8. The van der Waals surface area contributed by atoms with Gasteiger partial charge in [0.25, 0.3) is 11.5 Å². The Morgan fingerprint density at radius 3 is 2.82 bits per heavy atom. The molecule has 0 atom stereocenters. The lowest BCUT2D eigenvalue weighted by atomic mass is 10.2. The van der Waals surface area contributed by atoms with E-state index in [1.165, 1.54) is 17.7 Å². The van der Waals surface area contributed by atoms with Crippen molar-refractivity contribution in [2.45, 2.75) is 6.54 Å². The van der Waals surface area contributed by atoms with Gasteiger partial charge in [0, 0.05) is 10.4 Å². The lowest BCUT2D eigenvalue weighted by Crippen LogP contribution is -2.22. The van der Waals surface area contributed by atoms with Gasteiger partial charge in [-0.05, 0) is 30.3 Å². The number of nitrogens with zero attached hydrogens (tertiary/aromatic N) is 1.